The van der Waals surface area contributed by atoms with E-state index in [-0.39, 0.29) is 22.1 Å². The Kier molecular flexibility index (Phi) is 5.08. The van der Waals surface area contributed by atoms with Gasteiger partial charge in [-0.3, -0.25) is 14.9 Å². The lowest BCUT2D eigenvalue weighted by Gasteiger charge is -2.28. The van der Waals surface area contributed by atoms with Crippen LogP contribution in [-0.4, -0.2) is 26.9 Å². The van der Waals surface area contributed by atoms with Gasteiger partial charge in [-0.15, -0.1) is 0 Å². The lowest BCUT2D eigenvalue weighted by atomic mass is 10.1. The summed E-state index contributed by atoms with van der Waals surface area (Å²) in [6.07, 6.45) is 1.30. The zero-order chi connectivity index (χ0) is 22.2. The number of aromatic amines is 1. The van der Waals surface area contributed by atoms with Gasteiger partial charge in [0.15, 0.2) is 15.4 Å². The first-order valence-electron chi connectivity index (χ1n) is 9.38. The highest BCUT2D eigenvalue weighted by molar-refractivity contribution is 7.99. The Balaban J connectivity index is 1.42. The van der Waals surface area contributed by atoms with E-state index in [0.29, 0.717) is 10.2 Å². The number of carbonyl (C=O) groups is 2. The number of para-hydroxylation sites is 3. The van der Waals surface area contributed by atoms with Crippen LogP contribution in [0.25, 0.3) is 17.1 Å². The average Bonchev–Trinajstić information content (AvgIpc) is 3.38. The second-order valence-electron chi connectivity index (χ2n) is 6.73. The first-order valence-corrected chi connectivity index (χ1v) is 10.6. The topological polar surface area (TPSA) is 91.2 Å². The van der Waals surface area contributed by atoms with Crippen molar-refractivity contribution >= 4 is 63.7 Å². The number of benzene rings is 2. The molecule has 1 fully saturated rings. The van der Waals surface area contributed by atoms with Gasteiger partial charge in [0.2, 0.25) is 0 Å². The fraction of sp³-hybridized carbons (Fsp3) is 0. The van der Waals surface area contributed by atoms with E-state index in [4.69, 9.17) is 16.6 Å². The monoisotopic (exact) mass is 464 g/mol. The molecule has 0 saturated carbocycles. The molecular formula is C22H13FN4O3S2. The molecule has 1 aliphatic rings. The van der Waals surface area contributed by atoms with Crippen molar-refractivity contribution in [2.24, 2.45) is 0 Å². The Labute approximate surface area is 190 Å². The second-order valence-corrected chi connectivity index (χ2v) is 8.11. The SMILES string of the molecule is O=C1NC(=S)N(c2ccccc2F)C(=O)/C1=C/c1ccc(Sc2nc3ccccc3[nH]2)o1. The van der Waals surface area contributed by atoms with E-state index in [0.717, 1.165) is 15.9 Å². The van der Waals surface area contributed by atoms with Crippen molar-refractivity contribution in [2.75, 3.05) is 4.90 Å². The Morgan fingerprint density at radius 3 is 2.66 bits per heavy atom. The molecule has 1 saturated heterocycles. The molecular weight excluding hydrogens is 451 g/mol. The summed E-state index contributed by atoms with van der Waals surface area (Å²) < 4.78 is 20.0. The number of imidazole rings is 1. The van der Waals surface area contributed by atoms with E-state index < -0.39 is 17.6 Å². The summed E-state index contributed by atoms with van der Waals surface area (Å²) in [5.74, 6) is -1.79. The molecule has 0 spiro atoms. The number of furan rings is 1. The minimum Gasteiger partial charge on any atom is -0.450 e. The Hall–Kier alpha value is -3.76. The predicted octanol–water partition coefficient (Wildman–Crippen LogP) is 4.28. The van der Waals surface area contributed by atoms with Crippen molar-refractivity contribution in [3.63, 3.8) is 0 Å². The van der Waals surface area contributed by atoms with Crippen molar-refractivity contribution in [3.8, 4) is 0 Å². The molecule has 2 aromatic heterocycles. The summed E-state index contributed by atoms with van der Waals surface area (Å²) in [6, 6.07) is 16.6. The van der Waals surface area contributed by atoms with Gasteiger partial charge in [-0.1, -0.05) is 24.3 Å². The molecule has 10 heteroatoms. The lowest BCUT2D eigenvalue weighted by molar-refractivity contribution is -0.122. The summed E-state index contributed by atoms with van der Waals surface area (Å²) in [7, 11) is 0. The van der Waals surface area contributed by atoms with Crippen molar-refractivity contribution in [1.82, 2.24) is 15.3 Å². The smallest absolute Gasteiger partial charge is 0.270 e. The fourth-order valence-electron chi connectivity index (χ4n) is 3.19. The van der Waals surface area contributed by atoms with Crippen LogP contribution in [0.5, 0.6) is 0 Å². The molecule has 2 amide bonds. The van der Waals surface area contributed by atoms with Gasteiger partial charge in [0.05, 0.1) is 16.7 Å². The zero-order valence-corrected chi connectivity index (χ0v) is 17.8. The van der Waals surface area contributed by atoms with E-state index in [1.807, 2.05) is 24.3 Å². The molecule has 5 rings (SSSR count). The maximum absolute atomic E-state index is 14.2. The molecule has 2 N–H and O–H groups in total. The van der Waals surface area contributed by atoms with Crippen LogP contribution >= 0.6 is 24.0 Å². The zero-order valence-electron chi connectivity index (χ0n) is 16.2. The highest BCUT2D eigenvalue weighted by Crippen LogP contribution is 2.30. The quantitative estimate of drug-likeness (QED) is 0.266. The third-order valence-corrected chi connectivity index (χ3v) is 5.74. The van der Waals surface area contributed by atoms with Gasteiger partial charge in [0.1, 0.15) is 17.2 Å². The van der Waals surface area contributed by atoms with Crippen LogP contribution < -0.4 is 10.2 Å². The first-order chi connectivity index (χ1) is 15.5. The number of anilines is 1. The van der Waals surface area contributed by atoms with Gasteiger partial charge in [-0.2, -0.15) is 0 Å². The number of thiocarbonyl (C=S) groups is 1. The van der Waals surface area contributed by atoms with Crippen molar-refractivity contribution in [1.29, 1.82) is 0 Å². The van der Waals surface area contributed by atoms with Crippen LogP contribution in [0.4, 0.5) is 10.1 Å². The van der Waals surface area contributed by atoms with E-state index >= 15 is 0 Å². The number of H-pyrrole nitrogens is 1. The lowest BCUT2D eigenvalue weighted by Crippen LogP contribution is -2.54. The van der Waals surface area contributed by atoms with Gasteiger partial charge in [0, 0.05) is 0 Å². The molecule has 3 heterocycles. The van der Waals surface area contributed by atoms with Crippen LogP contribution in [0, 0.1) is 5.82 Å². The van der Waals surface area contributed by atoms with Crippen LogP contribution in [-0.2, 0) is 9.59 Å². The minimum absolute atomic E-state index is 0.0472. The number of halogens is 1. The molecule has 4 aromatic rings. The minimum atomic E-state index is -0.744. The van der Waals surface area contributed by atoms with E-state index in [1.165, 1.54) is 36.0 Å². The average molecular weight is 465 g/mol. The Morgan fingerprint density at radius 1 is 1.06 bits per heavy atom. The van der Waals surface area contributed by atoms with Gasteiger partial charge < -0.3 is 9.40 Å². The Bertz CT molecular complexity index is 1390. The summed E-state index contributed by atoms with van der Waals surface area (Å²) in [5, 5.41) is 3.38. The number of amides is 2. The van der Waals surface area contributed by atoms with Crippen molar-refractivity contribution < 1.29 is 18.4 Å². The third-order valence-electron chi connectivity index (χ3n) is 4.65. The number of aromatic nitrogens is 2. The fourth-order valence-corrected chi connectivity index (χ4v) is 4.23. The summed E-state index contributed by atoms with van der Waals surface area (Å²) in [6.45, 7) is 0. The molecule has 0 aliphatic carbocycles. The van der Waals surface area contributed by atoms with Crippen LogP contribution in [0.15, 0.2) is 80.9 Å². The summed E-state index contributed by atoms with van der Waals surface area (Å²) in [4.78, 5) is 34.0. The van der Waals surface area contributed by atoms with E-state index in [1.54, 1.807) is 18.2 Å². The normalized spacial score (nSPS) is 15.6. The van der Waals surface area contributed by atoms with Gasteiger partial charge in [0.25, 0.3) is 11.8 Å². The number of hydrogen-bond acceptors (Lipinski definition) is 6. The standard InChI is InChI=1S/C22H13FN4O3S2/c23-14-5-1-4-8-17(14)27-20(29)13(19(28)26-22(27)31)11-12-9-10-18(30-12)32-21-24-15-6-2-3-7-16(15)25-21/h1-11H,(H,24,25)(H,26,28,31)/b13-11+. The summed E-state index contributed by atoms with van der Waals surface area (Å²) in [5.41, 5.74) is 1.46. The molecule has 158 valence electrons. The molecule has 32 heavy (non-hydrogen) atoms. The molecule has 0 bridgehead atoms. The maximum Gasteiger partial charge on any atom is 0.270 e. The molecule has 0 atom stereocenters. The number of hydrogen-bond donors (Lipinski definition) is 2. The van der Waals surface area contributed by atoms with Gasteiger partial charge >= 0.3 is 0 Å². The molecule has 2 aromatic carbocycles. The number of fused-ring (bicyclic) bond motifs is 1. The Morgan fingerprint density at radius 2 is 1.84 bits per heavy atom. The molecule has 7 nitrogen and oxygen atoms in total. The second kappa shape index (κ2) is 8.06. The third kappa shape index (κ3) is 3.70. The highest BCUT2D eigenvalue weighted by Gasteiger charge is 2.35. The number of nitrogens with one attached hydrogen (secondary N) is 2. The van der Waals surface area contributed by atoms with Crippen LogP contribution in [0.2, 0.25) is 0 Å². The maximum atomic E-state index is 14.2. The van der Waals surface area contributed by atoms with Crippen molar-refractivity contribution in [3.05, 3.63) is 77.8 Å². The molecule has 1 aliphatic heterocycles. The van der Waals surface area contributed by atoms with Crippen LogP contribution in [0.3, 0.4) is 0 Å². The van der Waals surface area contributed by atoms with E-state index in [2.05, 4.69) is 15.3 Å². The predicted molar refractivity (Wildman–Crippen MR) is 122 cm³/mol. The largest absolute Gasteiger partial charge is 0.450 e. The first kappa shape index (κ1) is 20.2. The molecule has 0 radical (unpaired) electrons. The van der Waals surface area contributed by atoms with Gasteiger partial charge in [-0.05, 0) is 66.5 Å². The van der Waals surface area contributed by atoms with Crippen LogP contribution in [0.1, 0.15) is 5.76 Å². The summed E-state index contributed by atoms with van der Waals surface area (Å²) >= 11 is 6.36. The number of nitrogens with zero attached hydrogens (tertiary/aromatic N) is 2. The number of carbonyl (C=O) groups excluding carboxylic acids is 2. The van der Waals surface area contributed by atoms with Crippen molar-refractivity contribution in [2.45, 2.75) is 10.2 Å². The van der Waals surface area contributed by atoms with Gasteiger partial charge in [-0.25, -0.2) is 14.3 Å². The number of rotatable bonds is 4. The highest BCUT2D eigenvalue weighted by atomic mass is 32.2. The molecule has 0 unspecified atom stereocenters. The van der Waals surface area contributed by atoms with E-state index in [9.17, 15) is 14.0 Å².